The fourth-order valence-electron chi connectivity index (χ4n) is 1.72. The molecule has 3 heteroatoms. The van der Waals surface area contributed by atoms with Gasteiger partial charge in [-0.05, 0) is 38.0 Å². The molecule has 0 aromatic carbocycles. The van der Waals surface area contributed by atoms with Crippen LogP contribution >= 0.6 is 11.3 Å². The summed E-state index contributed by atoms with van der Waals surface area (Å²) in [5.74, 6) is 0.615. The van der Waals surface area contributed by atoms with Crippen molar-refractivity contribution in [1.29, 1.82) is 0 Å². The van der Waals surface area contributed by atoms with Crippen molar-refractivity contribution >= 4 is 25.0 Å². The van der Waals surface area contributed by atoms with Crippen molar-refractivity contribution in [2.75, 3.05) is 0 Å². The number of rotatable bonds is 1. The minimum absolute atomic E-state index is 0.615. The molecule has 0 N–H and O–H groups in total. The number of thiophene rings is 1. The van der Waals surface area contributed by atoms with E-state index in [4.69, 9.17) is 0 Å². The smallest absolute Gasteiger partial charge is 0.262 e. The highest BCUT2D eigenvalue weighted by molar-refractivity contribution is 7.12. The van der Waals surface area contributed by atoms with E-state index >= 15 is 0 Å². The van der Waals surface area contributed by atoms with Gasteiger partial charge in [-0.25, -0.2) is 0 Å². The van der Waals surface area contributed by atoms with E-state index in [0.717, 1.165) is 7.41 Å². The largest absolute Gasteiger partial charge is 0.357 e. The fraction of sp³-hybridized carbons (Fsp3) is 0.444. The van der Waals surface area contributed by atoms with Crippen molar-refractivity contribution < 1.29 is 0 Å². The second-order valence-electron chi connectivity index (χ2n) is 3.35. The van der Waals surface area contributed by atoms with Crippen LogP contribution in [0.5, 0.6) is 0 Å². The third-order valence-corrected chi connectivity index (χ3v) is 3.56. The molecule has 0 radical (unpaired) electrons. The molecular formula is C9H12BNS. The Bertz CT molecular complexity index is 316. The number of nitrogens with zero attached hydrogens (tertiary/aromatic N) is 1. The summed E-state index contributed by atoms with van der Waals surface area (Å²) in [7, 11) is 1.01. The van der Waals surface area contributed by atoms with Crippen molar-refractivity contribution in [2.24, 2.45) is 4.90 Å². The van der Waals surface area contributed by atoms with Gasteiger partial charge in [0.1, 0.15) is 0 Å². The van der Waals surface area contributed by atoms with Crippen LogP contribution in [0.25, 0.3) is 0 Å². The molecule has 0 saturated carbocycles. The normalized spacial score (nSPS) is 21.3. The highest BCUT2D eigenvalue weighted by Gasteiger charge is 2.17. The summed E-state index contributed by atoms with van der Waals surface area (Å²) in [5.41, 5.74) is 1.44. The van der Waals surface area contributed by atoms with E-state index < -0.39 is 0 Å². The summed E-state index contributed by atoms with van der Waals surface area (Å²) in [6, 6.07) is 2.27. The molecule has 0 spiro atoms. The Morgan fingerprint density at radius 3 is 2.92 bits per heavy atom. The van der Waals surface area contributed by atoms with Gasteiger partial charge in [0.15, 0.2) is 0 Å². The molecule has 1 aromatic heterocycles. The Morgan fingerprint density at radius 2 is 2.42 bits per heavy atom. The van der Waals surface area contributed by atoms with E-state index in [2.05, 4.69) is 31.0 Å². The number of aryl methyl sites for hydroxylation is 2. The Hall–Kier alpha value is -0.565. The van der Waals surface area contributed by atoms with Gasteiger partial charge in [0.2, 0.25) is 0 Å². The maximum Gasteiger partial charge on any atom is 0.262 e. The van der Waals surface area contributed by atoms with Crippen LogP contribution in [0.4, 0.5) is 0 Å². The van der Waals surface area contributed by atoms with Gasteiger partial charge in [-0.15, -0.1) is 11.3 Å². The van der Waals surface area contributed by atoms with Gasteiger partial charge >= 0.3 is 0 Å². The van der Waals surface area contributed by atoms with Crippen LogP contribution in [0.2, 0.25) is 6.32 Å². The summed E-state index contributed by atoms with van der Waals surface area (Å²) in [6.45, 7) is 4.37. The Kier molecular flexibility index (Phi) is 2.05. The highest BCUT2D eigenvalue weighted by Crippen LogP contribution is 2.31. The zero-order valence-electron chi connectivity index (χ0n) is 7.50. The minimum atomic E-state index is 0.615. The Morgan fingerprint density at radius 1 is 1.58 bits per heavy atom. The quantitative estimate of drug-likeness (QED) is 0.583. The predicted molar refractivity (Wildman–Crippen MR) is 57.0 cm³/mol. The molecule has 0 aliphatic carbocycles. The van der Waals surface area contributed by atoms with Crippen LogP contribution in [0.3, 0.4) is 0 Å². The van der Waals surface area contributed by atoms with Crippen LogP contribution in [-0.2, 0) is 0 Å². The third-order valence-electron chi connectivity index (χ3n) is 2.27. The first-order valence-electron chi connectivity index (χ1n) is 4.34. The summed E-state index contributed by atoms with van der Waals surface area (Å²) >= 11 is 1.92. The van der Waals surface area contributed by atoms with E-state index in [1.807, 2.05) is 11.3 Å². The molecule has 62 valence electrons. The first kappa shape index (κ1) is 8.05. The molecule has 1 aromatic rings. The van der Waals surface area contributed by atoms with Crippen molar-refractivity contribution in [3.8, 4) is 0 Å². The van der Waals surface area contributed by atoms with Gasteiger partial charge in [-0.2, -0.15) is 0 Å². The molecule has 2 rings (SSSR count). The molecule has 1 nitrogen and oxygen atoms in total. The van der Waals surface area contributed by atoms with Crippen LogP contribution in [-0.4, -0.2) is 13.6 Å². The molecule has 1 aliphatic rings. The van der Waals surface area contributed by atoms with Crippen LogP contribution in [0, 0.1) is 13.8 Å². The van der Waals surface area contributed by atoms with Crippen molar-refractivity contribution in [2.45, 2.75) is 26.1 Å². The minimum Gasteiger partial charge on any atom is -0.357 e. The zero-order chi connectivity index (χ0) is 8.55. The first-order valence-corrected chi connectivity index (χ1v) is 5.16. The third kappa shape index (κ3) is 1.33. The maximum absolute atomic E-state index is 4.27. The molecule has 2 heterocycles. The van der Waals surface area contributed by atoms with Crippen molar-refractivity contribution in [1.82, 2.24) is 0 Å². The van der Waals surface area contributed by atoms with Gasteiger partial charge < -0.3 is 4.90 Å². The SMILES string of the molecule is Cc1cc(C)c(C2C=NBC2)s1. The second kappa shape index (κ2) is 3.06. The van der Waals surface area contributed by atoms with Gasteiger partial charge in [0, 0.05) is 15.7 Å². The standard InChI is InChI=1S/C9H12BNS/c1-6-3-7(2)12-9(6)8-4-10-11-5-8/h3,5,8,10H,4H2,1-2H3. The van der Waals surface area contributed by atoms with E-state index in [0.29, 0.717) is 5.92 Å². The molecule has 0 fully saturated rings. The van der Waals surface area contributed by atoms with Crippen LogP contribution in [0.15, 0.2) is 11.0 Å². The van der Waals surface area contributed by atoms with Crippen molar-refractivity contribution in [3.05, 3.63) is 21.4 Å². The second-order valence-corrected chi connectivity index (χ2v) is 4.64. The molecule has 0 bridgehead atoms. The zero-order valence-corrected chi connectivity index (χ0v) is 8.32. The topological polar surface area (TPSA) is 12.4 Å². The molecule has 1 aliphatic heterocycles. The van der Waals surface area contributed by atoms with E-state index in [9.17, 15) is 0 Å². The van der Waals surface area contributed by atoms with Crippen LogP contribution < -0.4 is 0 Å². The molecule has 0 saturated heterocycles. The molecule has 1 atom stereocenters. The highest BCUT2D eigenvalue weighted by atomic mass is 32.1. The van der Waals surface area contributed by atoms with E-state index in [1.54, 1.807) is 0 Å². The van der Waals surface area contributed by atoms with Crippen molar-refractivity contribution in [3.63, 3.8) is 0 Å². The van der Waals surface area contributed by atoms with Gasteiger partial charge in [0.05, 0.1) is 0 Å². The fourth-order valence-corrected chi connectivity index (χ4v) is 2.85. The first-order chi connectivity index (χ1) is 5.77. The van der Waals surface area contributed by atoms with Gasteiger partial charge in [-0.3, -0.25) is 0 Å². The average molecular weight is 177 g/mol. The molecular weight excluding hydrogens is 165 g/mol. The maximum atomic E-state index is 4.27. The lowest BCUT2D eigenvalue weighted by Gasteiger charge is -2.03. The molecule has 1 unspecified atom stereocenters. The molecule has 0 amide bonds. The summed E-state index contributed by atoms with van der Waals surface area (Å²) in [5, 5.41) is 0. The number of hydrogen-bond acceptors (Lipinski definition) is 2. The lowest BCUT2D eigenvalue weighted by Crippen LogP contribution is -1.93. The monoisotopic (exact) mass is 177 g/mol. The number of hydrogen-bond donors (Lipinski definition) is 0. The van der Waals surface area contributed by atoms with Crippen LogP contribution in [0.1, 0.15) is 21.2 Å². The molecule has 12 heavy (non-hydrogen) atoms. The lowest BCUT2D eigenvalue weighted by molar-refractivity contribution is 1.07. The van der Waals surface area contributed by atoms with E-state index in [-0.39, 0.29) is 0 Å². The summed E-state index contributed by atoms with van der Waals surface area (Å²) < 4.78 is 0. The van der Waals surface area contributed by atoms with E-state index in [1.165, 1.54) is 21.6 Å². The Balaban J connectivity index is 2.32. The van der Waals surface area contributed by atoms with Gasteiger partial charge in [0.25, 0.3) is 7.41 Å². The Labute approximate surface area is 77.8 Å². The summed E-state index contributed by atoms with van der Waals surface area (Å²) in [6.07, 6.45) is 3.32. The summed E-state index contributed by atoms with van der Waals surface area (Å²) in [4.78, 5) is 7.21. The predicted octanol–water partition coefficient (Wildman–Crippen LogP) is 2.30. The lowest BCUT2D eigenvalue weighted by atomic mass is 9.85. The average Bonchev–Trinajstić information content (AvgIpc) is 2.58. The van der Waals surface area contributed by atoms with Gasteiger partial charge in [-0.1, -0.05) is 0 Å².